The summed E-state index contributed by atoms with van der Waals surface area (Å²) in [6, 6.07) is 14.7. The first-order valence-electron chi connectivity index (χ1n) is 11.6. The van der Waals surface area contributed by atoms with Crippen LogP contribution in [0.4, 0.5) is 0 Å². The van der Waals surface area contributed by atoms with E-state index in [1.165, 1.54) is 21.2 Å². The number of carbonyl (C=O) groups is 1. The third-order valence-corrected chi connectivity index (χ3v) is 9.06. The Balaban J connectivity index is 1.62. The first-order valence-corrected chi connectivity index (χ1v) is 13.9. The lowest BCUT2D eigenvalue weighted by atomic mass is 9.99. The van der Waals surface area contributed by atoms with Gasteiger partial charge in [0.05, 0.1) is 27.6 Å². The van der Waals surface area contributed by atoms with Gasteiger partial charge in [0.2, 0.25) is 10.0 Å². The van der Waals surface area contributed by atoms with E-state index in [4.69, 9.17) is 6.42 Å². The fourth-order valence-electron chi connectivity index (χ4n) is 4.27. The molecule has 1 fully saturated rings. The van der Waals surface area contributed by atoms with Gasteiger partial charge in [-0.25, -0.2) is 8.42 Å². The Morgan fingerprint density at radius 3 is 2.76 bits per heavy atom. The van der Waals surface area contributed by atoms with Gasteiger partial charge in [0.1, 0.15) is 0 Å². The highest BCUT2D eigenvalue weighted by atomic mass is 32.2. The number of sulfonamides is 1. The van der Waals surface area contributed by atoms with E-state index >= 15 is 0 Å². The molecule has 1 saturated heterocycles. The second-order valence-electron chi connectivity index (χ2n) is 8.55. The molecule has 178 valence electrons. The van der Waals surface area contributed by atoms with Crippen molar-refractivity contribution in [3.8, 4) is 12.3 Å². The zero-order valence-corrected chi connectivity index (χ0v) is 20.9. The number of unbranched alkanes of at least 4 members (excludes halogenated alkanes) is 1. The fraction of sp³-hybridized carbons (Fsp3) is 0.385. The van der Waals surface area contributed by atoms with Crippen LogP contribution in [0.2, 0.25) is 0 Å². The number of hydrogen-bond acceptors (Lipinski definition) is 4. The molecule has 1 aliphatic rings. The maximum Gasteiger partial charge on any atom is 0.252 e. The topological polar surface area (TPSA) is 71.7 Å². The van der Waals surface area contributed by atoms with Gasteiger partial charge in [0.15, 0.2) is 4.80 Å². The predicted molar refractivity (Wildman–Crippen MR) is 136 cm³/mol. The standard InChI is InChI=1S/C26H29N3O3S2/c1-3-5-10-20-14-15-23-24(18-20)33-26(29(23)16-4-2)27-25(30)21-11-9-17-28(19-21)34(31,32)22-12-7-6-8-13-22/h2,6-8,12-15,18,21H,3,5,9-11,16-17,19H2,1H3. The molecule has 0 aliphatic carbocycles. The van der Waals surface area contributed by atoms with Crippen molar-refractivity contribution in [3.63, 3.8) is 0 Å². The van der Waals surface area contributed by atoms with Crippen LogP contribution in [0.5, 0.6) is 0 Å². The van der Waals surface area contributed by atoms with Crippen LogP contribution >= 0.6 is 11.3 Å². The summed E-state index contributed by atoms with van der Waals surface area (Å²) in [6.07, 6.45) is 10.1. The average Bonchev–Trinajstić information content (AvgIpc) is 3.19. The molecule has 4 rings (SSSR count). The predicted octanol–water partition coefficient (Wildman–Crippen LogP) is 4.21. The Morgan fingerprint density at radius 1 is 1.24 bits per heavy atom. The lowest BCUT2D eigenvalue weighted by Gasteiger charge is -2.30. The molecule has 2 aromatic carbocycles. The van der Waals surface area contributed by atoms with Crippen LogP contribution in [0.25, 0.3) is 10.2 Å². The molecule has 0 saturated carbocycles. The van der Waals surface area contributed by atoms with Crippen molar-refractivity contribution in [1.82, 2.24) is 8.87 Å². The molecule has 3 aromatic rings. The molecule has 34 heavy (non-hydrogen) atoms. The summed E-state index contributed by atoms with van der Waals surface area (Å²) in [6.45, 7) is 3.03. The number of benzene rings is 2. The smallest absolute Gasteiger partial charge is 0.252 e. The van der Waals surface area contributed by atoms with E-state index in [0.29, 0.717) is 30.7 Å². The Morgan fingerprint density at radius 2 is 2.03 bits per heavy atom. The molecule has 1 amide bonds. The molecular formula is C26H29N3O3S2. The van der Waals surface area contributed by atoms with Gasteiger partial charge in [0, 0.05) is 13.1 Å². The van der Waals surface area contributed by atoms with Gasteiger partial charge < -0.3 is 4.57 Å². The number of nitrogens with zero attached hydrogens (tertiary/aromatic N) is 3. The minimum absolute atomic E-state index is 0.140. The van der Waals surface area contributed by atoms with E-state index in [2.05, 4.69) is 30.0 Å². The number of rotatable bonds is 7. The SMILES string of the molecule is C#CCn1c(=NC(=O)C2CCCN(S(=O)(=O)c3ccccc3)C2)sc2cc(CCCC)ccc21. The molecule has 2 heterocycles. The van der Waals surface area contributed by atoms with E-state index in [0.717, 1.165) is 29.5 Å². The summed E-state index contributed by atoms with van der Waals surface area (Å²) in [4.78, 5) is 18.4. The number of aromatic nitrogens is 1. The number of carbonyl (C=O) groups excluding carboxylic acids is 1. The average molecular weight is 496 g/mol. The van der Waals surface area contributed by atoms with Gasteiger partial charge >= 0.3 is 0 Å². The molecule has 0 N–H and O–H groups in total. The Labute approximate surface area is 205 Å². The molecule has 0 bridgehead atoms. The van der Waals surface area contributed by atoms with Crippen molar-refractivity contribution >= 4 is 37.5 Å². The Hall–Kier alpha value is -2.73. The number of hydrogen-bond donors (Lipinski definition) is 0. The number of piperidine rings is 1. The van der Waals surface area contributed by atoms with Crippen LogP contribution in [0.3, 0.4) is 0 Å². The van der Waals surface area contributed by atoms with Crippen molar-refractivity contribution in [2.45, 2.75) is 50.5 Å². The van der Waals surface area contributed by atoms with Crippen LogP contribution in [-0.4, -0.2) is 36.3 Å². The number of amides is 1. The minimum atomic E-state index is -3.64. The highest BCUT2D eigenvalue weighted by Crippen LogP contribution is 2.25. The molecular weight excluding hydrogens is 466 g/mol. The third-order valence-electron chi connectivity index (χ3n) is 6.14. The molecule has 1 unspecified atom stereocenters. The van der Waals surface area contributed by atoms with E-state index in [-0.39, 0.29) is 17.3 Å². The molecule has 1 aromatic heterocycles. The third kappa shape index (κ3) is 5.17. The highest BCUT2D eigenvalue weighted by Gasteiger charge is 2.33. The second kappa shape index (κ2) is 10.7. The zero-order chi connectivity index (χ0) is 24.1. The monoisotopic (exact) mass is 495 g/mol. The number of fused-ring (bicyclic) bond motifs is 1. The second-order valence-corrected chi connectivity index (χ2v) is 11.5. The normalized spacial score (nSPS) is 17.6. The van der Waals surface area contributed by atoms with Gasteiger partial charge in [-0.15, -0.1) is 6.42 Å². The number of aryl methyl sites for hydroxylation is 1. The summed E-state index contributed by atoms with van der Waals surface area (Å²) in [5, 5.41) is 0. The lowest BCUT2D eigenvalue weighted by molar-refractivity contribution is -0.122. The largest absolute Gasteiger partial charge is 0.305 e. The van der Waals surface area contributed by atoms with Gasteiger partial charge in [-0.3, -0.25) is 4.79 Å². The van der Waals surface area contributed by atoms with Crippen molar-refractivity contribution in [1.29, 1.82) is 0 Å². The van der Waals surface area contributed by atoms with Gasteiger partial charge in [-0.1, -0.05) is 54.9 Å². The first-order chi connectivity index (χ1) is 16.4. The van der Waals surface area contributed by atoms with E-state index in [1.54, 1.807) is 30.3 Å². The summed E-state index contributed by atoms with van der Waals surface area (Å²) in [7, 11) is -3.64. The summed E-state index contributed by atoms with van der Waals surface area (Å²) >= 11 is 1.46. The van der Waals surface area contributed by atoms with Crippen molar-refractivity contribution in [2.24, 2.45) is 10.9 Å². The quantitative estimate of drug-likeness (QED) is 0.461. The molecule has 0 spiro atoms. The molecule has 6 nitrogen and oxygen atoms in total. The maximum absolute atomic E-state index is 13.2. The van der Waals surface area contributed by atoms with E-state index in [9.17, 15) is 13.2 Å². The van der Waals surface area contributed by atoms with Crippen LogP contribution in [0.1, 0.15) is 38.2 Å². The molecule has 1 aliphatic heterocycles. The van der Waals surface area contributed by atoms with Crippen LogP contribution in [0.15, 0.2) is 58.4 Å². The van der Waals surface area contributed by atoms with E-state index in [1.807, 2.05) is 10.6 Å². The summed E-state index contributed by atoms with van der Waals surface area (Å²) in [5.74, 6) is 1.89. The Bertz CT molecular complexity index is 1380. The van der Waals surface area contributed by atoms with Gasteiger partial charge in [-0.05, 0) is 55.5 Å². The maximum atomic E-state index is 13.2. The Kier molecular flexibility index (Phi) is 7.67. The van der Waals surface area contributed by atoms with Crippen molar-refractivity contribution in [2.75, 3.05) is 13.1 Å². The van der Waals surface area contributed by atoms with Gasteiger partial charge in [0.25, 0.3) is 5.91 Å². The summed E-state index contributed by atoms with van der Waals surface area (Å²) in [5.41, 5.74) is 2.22. The minimum Gasteiger partial charge on any atom is -0.305 e. The molecule has 8 heteroatoms. The van der Waals surface area contributed by atoms with Crippen LogP contribution in [-0.2, 0) is 27.8 Å². The molecule has 0 radical (unpaired) electrons. The van der Waals surface area contributed by atoms with Crippen molar-refractivity contribution in [3.05, 3.63) is 58.9 Å². The highest BCUT2D eigenvalue weighted by molar-refractivity contribution is 7.89. The van der Waals surface area contributed by atoms with Gasteiger partial charge in [-0.2, -0.15) is 9.30 Å². The first kappa shape index (κ1) is 24.4. The fourth-order valence-corrected chi connectivity index (χ4v) is 6.92. The van der Waals surface area contributed by atoms with E-state index < -0.39 is 15.9 Å². The number of thiazole rings is 1. The summed E-state index contributed by atoms with van der Waals surface area (Å²) < 4.78 is 30.4. The number of terminal acetylenes is 1. The van der Waals surface area contributed by atoms with Crippen LogP contribution in [0, 0.1) is 18.3 Å². The lowest BCUT2D eigenvalue weighted by Crippen LogP contribution is -2.42. The van der Waals surface area contributed by atoms with Crippen LogP contribution < -0.4 is 4.80 Å². The van der Waals surface area contributed by atoms with Crippen molar-refractivity contribution < 1.29 is 13.2 Å². The zero-order valence-electron chi connectivity index (χ0n) is 19.3. The molecule has 1 atom stereocenters.